The number of benzene rings is 3. The van der Waals surface area contributed by atoms with E-state index in [1.807, 2.05) is 49.4 Å². The SMILES string of the molecule is Cc1cc(NS(=O)O)ccc1Oc1cccc2ccccc12. The highest BCUT2D eigenvalue weighted by Gasteiger charge is 2.06. The lowest BCUT2D eigenvalue weighted by atomic mass is 10.1. The fraction of sp³-hybridized carbons (Fsp3) is 0.0588. The van der Waals surface area contributed by atoms with Crippen molar-refractivity contribution >= 4 is 27.7 Å². The normalized spacial score (nSPS) is 12.1. The van der Waals surface area contributed by atoms with Crippen LogP contribution in [0.1, 0.15) is 5.56 Å². The van der Waals surface area contributed by atoms with Crippen LogP contribution in [0.2, 0.25) is 0 Å². The predicted octanol–water partition coefficient (Wildman–Crippen LogP) is 4.49. The van der Waals surface area contributed by atoms with Crippen LogP contribution in [0, 0.1) is 6.92 Å². The maximum Gasteiger partial charge on any atom is 0.259 e. The lowest BCUT2D eigenvalue weighted by molar-refractivity contribution is 0.484. The van der Waals surface area contributed by atoms with Gasteiger partial charge in [0.25, 0.3) is 11.3 Å². The van der Waals surface area contributed by atoms with Crippen molar-refractivity contribution in [2.75, 3.05) is 4.72 Å². The quantitative estimate of drug-likeness (QED) is 0.698. The van der Waals surface area contributed by atoms with Gasteiger partial charge in [-0.1, -0.05) is 36.4 Å². The predicted molar refractivity (Wildman–Crippen MR) is 89.6 cm³/mol. The number of hydrogen-bond donors (Lipinski definition) is 2. The minimum atomic E-state index is -2.08. The van der Waals surface area contributed by atoms with Crippen LogP contribution < -0.4 is 9.46 Å². The van der Waals surface area contributed by atoms with Gasteiger partial charge in [0, 0.05) is 11.1 Å². The molecule has 0 heterocycles. The Labute approximate surface area is 131 Å². The maximum absolute atomic E-state index is 10.8. The first-order chi connectivity index (χ1) is 10.6. The molecular weight excluding hydrogens is 298 g/mol. The Kier molecular flexibility index (Phi) is 4.09. The van der Waals surface area contributed by atoms with E-state index in [4.69, 9.17) is 9.29 Å². The molecule has 0 aromatic heterocycles. The van der Waals surface area contributed by atoms with Crippen molar-refractivity contribution in [2.24, 2.45) is 0 Å². The van der Waals surface area contributed by atoms with Crippen LogP contribution in [0.5, 0.6) is 11.5 Å². The minimum absolute atomic E-state index is 0.573. The smallest absolute Gasteiger partial charge is 0.259 e. The molecule has 4 nitrogen and oxygen atoms in total. The molecule has 0 fully saturated rings. The van der Waals surface area contributed by atoms with E-state index < -0.39 is 11.3 Å². The number of aryl methyl sites for hydroxylation is 1. The monoisotopic (exact) mass is 313 g/mol. The molecule has 0 amide bonds. The second kappa shape index (κ2) is 6.17. The molecule has 0 spiro atoms. The third kappa shape index (κ3) is 3.10. The highest BCUT2D eigenvalue weighted by molar-refractivity contribution is 7.80. The molecule has 0 bridgehead atoms. The maximum atomic E-state index is 10.8. The summed E-state index contributed by atoms with van der Waals surface area (Å²) in [6, 6.07) is 19.2. The molecule has 0 saturated carbocycles. The van der Waals surface area contributed by atoms with Gasteiger partial charge in [0.05, 0.1) is 0 Å². The number of anilines is 1. The summed E-state index contributed by atoms with van der Waals surface area (Å²) in [5.74, 6) is 1.50. The van der Waals surface area contributed by atoms with Crippen LogP contribution in [0.3, 0.4) is 0 Å². The molecule has 3 rings (SSSR count). The van der Waals surface area contributed by atoms with E-state index in [0.29, 0.717) is 11.4 Å². The van der Waals surface area contributed by atoms with Crippen molar-refractivity contribution in [3.05, 3.63) is 66.2 Å². The number of nitrogens with one attached hydrogen (secondary N) is 1. The Morgan fingerprint density at radius 2 is 1.77 bits per heavy atom. The highest BCUT2D eigenvalue weighted by atomic mass is 32.2. The van der Waals surface area contributed by atoms with E-state index in [1.165, 1.54) is 0 Å². The van der Waals surface area contributed by atoms with Gasteiger partial charge in [-0.2, -0.15) is 0 Å². The minimum Gasteiger partial charge on any atom is -0.456 e. The van der Waals surface area contributed by atoms with Crippen LogP contribution in [0.25, 0.3) is 10.8 Å². The first-order valence-electron chi connectivity index (χ1n) is 6.77. The zero-order valence-corrected chi connectivity index (χ0v) is 12.8. The summed E-state index contributed by atoms with van der Waals surface area (Å²) in [4.78, 5) is 0. The molecule has 22 heavy (non-hydrogen) atoms. The molecule has 3 aromatic carbocycles. The molecule has 0 aliphatic carbocycles. The summed E-state index contributed by atoms with van der Waals surface area (Å²) < 4.78 is 28.1. The summed E-state index contributed by atoms with van der Waals surface area (Å²) in [7, 11) is 0. The first kappa shape index (κ1) is 14.6. The highest BCUT2D eigenvalue weighted by Crippen LogP contribution is 2.32. The molecule has 3 aromatic rings. The van der Waals surface area contributed by atoms with Crippen LogP contribution in [0.15, 0.2) is 60.7 Å². The fourth-order valence-electron chi connectivity index (χ4n) is 2.33. The molecule has 2 N–H and O–H groups in total. The van der Waals surface area contributed by atoms with E-state index in [9.17, 15) is 4.21 Å². The molecule has 0 saturated heterocycles. The molecule has 1 unspecified atom stereocenters. The Balaban J connectivity index is 1.93. The number of fused-ring (bicyclic) bond motifs is 1. The first-order valence-corrected chi connectivity index (χ1v) is 7.88. The number of ether oxygens (including phenoxy) is 1. The van der Waals surface area contributed by atoms with Gasteiger partial charge >= 0.3 is 0 Å². The van der Waals surface area contributed by atoms with Crippen molar-refractivity contribution in [1.82, 2.24) is 0 Å². The van der Waals surface area contributed by atoms with Gasteiger partial charge in [-0.3, -0.25) is 9.27 Å². The topological polar surface area (TPSA) is 58.6 Å². The average Bonchev–Trinajstić information content (AvgIpc) is 2.50. The summed E-state index contributed by atoms with van der Waals surface area (Å²) in [5.41, 5.74) is 1.45. The lowest BCUT2D eigenvalue weighted by Crippen LogP contribution is -2.02. The van der Waals surface area contributed by atoms with Crippen molar-refractivity contribution in [2.45, 2.75) is 6.92 Å². The van der Waals surface area contributed by atoms with Crippen molar-refractivity contribution in [3.8, 4) is 11.5 Å². The molecule has 0 radical (unpaired) electrons. The summed E-state index contributed by atoms with van der Waals surface area (Å²) >= 11 is -2.08. The summed E-state index contributed by atoms with van der Waals surface area (Å²) in [6.07, 6.45) is 0. The Bertz CT molecular complexity index is 843. The van der Waals surface area contributed by atoms with Gasteiger partial charge in [0.1, 0.15) is 11.5 Å². The molecule has 112 valence electrons. The van der Waals surface area contributed by atoms with Crippen LogP contribution in [-0.2, 0) is 11.3 Å². The van der Waals surface area contributed by atoms with E-state index >= 15 is 0 Å². The third-order valence-corrected chi connectivity index (χ3v) is 3.76. The largest absolute Gasteiger partial charge is 0.456 e. The summed E-state index contributed by atoms with van der Waals surface area (Å²) in [6.45, 7) is 1.89. The summed E-state index contributed by atoms with van der Waals surface area (Å²) in [5, 5.41) is 2.16. The molecule has 0 aliphatic rings. The second-order valence-corrected chi connectivity index (χ2v) is 5.61. The van der Waals surface area contributed by atoms with Crippen molar-refractivity contribution in [1.29, 1.82) is 0 Å². The molecule has 0 aliphatic heterocycles. The van der Waals surface area contributed by atoms with Gasteiger partial charge in [0.15, 0.2) is 0 Å². The standard InChI is InChI=1S/C17H15NO3S/c1-12-11-14(18-22(19)20)9-10-16(12)21-17-8-4-6-13-5-2-3-7-15(13)17/h2-11,18H,1H3,(H,19,20). The number of hydrogen-bond acceptors (Lipinski definition) is 2. The van der Waals surface area contributed by atoms with Gasteiger partial charge < -0.3 is 4.74 Å². The molecular formula is C17H15NO3S. The van der Waals surface area contributed by atoms with Crippen LogP contribution >= 0.6 is 0 Å². The Morgan fingerprint density at radius 1 is 1.00 bits per heavy atom. The Morgan fingerprint density at radius 3 is 2.55 bits per heavy atom. The van der Waals surface area contributed by atoms with E-state index in [1.54, 1.807) is 18.2 Å². The lowest BCUT2D eigenvalue weighted by Gasteiger charge is -2.12. The van der Waals surface area contributed by atoms with Crippen molar-refractivity contribution in [3.63, 3.8) is 0 Å². The van der Waals surface area contributed by atoms with E-state index in [0.717, 1.165) is 22.1 Å². The molecule has 1 atom stereocenters. The van der Waals surface area contributed by atoms with E-state index in [-0.39, 0.29) is 0 Å². The third-order valence-electron chi connectivity index (χ3n) is 3.35. The van der Waals surface area contributed by atoms with Gasteiger partial charge in [-0.05, 0) is 42.1 Å². The fourth-order valence-corrected chi connectivity index (χ4v) is 2.66. The van der Waals surface area contributed by atoms with Gasteiger partial charge in [-0.25, -0.2) is 4.21 Å². The average molecular weight is 313 g/mol. The Hall–Kier alpha value is -2.37. The van der Waals surface area contributed by atoms with Crippen LogP contribution in [0.4, 0.5) is 5.69 Å². The molecule has 5 heteroatoms. The number of rotatable bonds is 4. The zero-order valence-electron chi connectivity index (χ0n) is 11.9. The van der Waals surface area contributed by atoms with Crippen molar-refractivity contribution < 1.29 is 13.5 Å². The van der Waals surface area contributed by atoms with Crippen LogP contribution in [-0.4, -0.2) is 8.76 Å². The van der Waals surface area contributed by atoms with Gasteiger partial charge in [0.2, 0.25) is 0 Å². The van der Waals surface area contributed by atoms with E-state index in [2.05, 4.69) is 4.72 Å². The van der Waals surface area contributed by atoms with Gasteiger partial charge in [-0.15, -0.1) is 0 Å². The second-order valence-electron chi connectivity index (χ2n) is 4.91. The zero-order chi connectivity index (χ0) is 15.5.